The first-order chi connectivity index (χ1) is 7.56. The number of carbonyl (C=O) groups is 1. The maximum absolute atomic E-state index is 12.1. The van der Waals surface area contributed by atoms with Gasteiger partial charge >= 0.3 is 0 Å². The van der Waals surface area contributed by atoms with Gasteiger partial charge in [0, 0.05) is 23.9 Å². The first-order valence-corrected chi connectivity index (χ1v) is 7.24. The van der Waals surface area contributed by atoms with Gasteiger partial charge in [0.15, 0.2) is 0 Å². The molecule has 1 amide bonds. The molecule has 3 nitrogen and oxygen atoms in total. The van der Waals surface area contributed by atoms with Gasteiger partial charge in [-0.2, -0.15) is 0 Å². The molecule has 1 aliphatic rings. The molecule has 1 rings (SSSR count). The molecule has 94 valence electrons. The van der Waals surface area contributed by atoms with Crippen LogP contribution >= 0.6 is 11.8 Å². The van der Waals surface area contributed by atoms with Crippen LogP contribution < -0.4 is 5.73 Å². The topological polar surface area (TPSA) is 46.3 Å². The molecule has 3 unspecified atom stereocenters. The fourth-order valence-corrected chi connectivity index (χ4v) is 2.98. The van der Waals surface area contributed by atoms with Gasteiger partial charge in [0.1, 0.15) is 0 Å². The van der Waals surface area contributed by atoms with Gasteiger partial charge in [-0.15, -0.1) is 11.8 Å². The highest BCUT2D eigenvalue weighted by Gasteiger charge is 2.28. The Labute approximate surface area is 103 Å². The third-order valence-electron chi connectivity index (χ3n) is 3.30. The van der Waals surface area contributed by atoms with Crippen molar-refractivity contribution < 1.29 is 4.79 Å². The van der Waals surface area contributed by atoms with Crippen molar-refractivity contribution in [3.05, 3.63) is 0 Å². The number of piperidine rings is 1. The molecule has 0 bridgehead atoms. The molecule has 4 heteroatoms. The van der Waals surface area contributed by atoms with Crippen molar-refractivity contribution in [1.82, 2.24) is 4.90 Å². The maximum atomic E-state index is 12.1. The number of thioether (sulfide) groups is 1. The number of rotatable bonds is 4. The molecule has 3 atom stereocenters. The van der Waals surface area contributed by atoms with E-state index in [1.807, 2.05) is 0 Å². The highest BCUT2D eigenvalue weighted by molar-refractivity contribution is 8.00. The standard InChI is InChI=1S/C12H24N2OS/c1-9-5-4-6-10(2)14(9)12(15)8-16-11(3)7-13/h9-11H,4-8,13H2,1-3H3. The summed E-state index contributed by atoms with van der Waals surface area (Å²) in [6.45, 7) is 7.03. The van der Waals surface area contributed by atoms with E-state index in [2.05, 4.69) is 25.7 Å². The molecule has 0 aromatic carbocycles. The van der Waals surface area contributed by atoms with Crippen molar-refractivity contribution >= 4 is 17.7 Å². The number of carbonyl (C=O) groups excluding carboxylic acids is 1. The van der Waals surface area contributed by atoms with E-state index in [4.69, 9.17) is 5.73 Å². The fraction of sp³-hybridized carbons (Fsp3) is 0.917. The molecule has 0 saturated carbocycles. The van der Waals surface area contributed by atoms with Crippen molar-refractivity contribution in [3.63, 3.8) is 0 Å². The summed E-state index contributed by atoms with van der Waals surface area (Å²) < 4.78 is 0. The maximum Gasteiger partial charge on any atom is 0.233 e. The summed E-state index contributed by atoms with van der Waals surface area (Å²) in [6, 6.07) is 0.815. The predicted octanol–water partition coefficient (Wildman–Crippen LogP) is 1.86. The first kappa shape index (κ1) is 13.8. The summed E-state index contributed by atoms with van der Waals surface area (Å²) in [5, 5.41) is 0.374. The Balaban J connectivity index is 2.44. The van der Waals surface area contributed by atoms with Gasteiger partial charge in [-0.1, -0.05) is 6.92 Å². The van der Waals surface area contributed by atoms with Crippen LogP contribution in [0.15, 0.2) is 0 Å². The summed E-state index contributed by atoms with van der Waals surface area (Å²) >= 11 is 1.67. The summed E-state index contributed by atoms with van der Waals surface area (Å²) in [5.74, 6) is 0.859. The van der Waals surface area contributed by atoms with E-state index in [1.54, 1.807) is 11.8 Å². The molecule has 1 aliphatic heterocycles. The van der Waals surface area contributed by atoms with Crippen LogP contribution in [-0.4, -0.2) is 40.4 Å². The molecule has 0 spiro atoms. The summed E-state index contributed by atoms with van der Waals surface area (Å²) in [7, 11) is 0. The average Bonchev–Trinajstić information content (AvgIpc) is 2.25. The van der Waals surface area contributed by atoms with Crippen LogP contribution in [0.3, 0.4) is 0 Å². The zero-order chi connectivity index (χ0) is 12.1. The second-order valence-corrected chi connectivity index (χ2v) is 6.21. The molecule has 0 aromatic heterocycles. The Bertz CT molecular complexity index is 225. The van der Waals surface area contributed by atoms with Gasteiger partial charge in [-0.25, -0.2) is 0 Å². The Morgan fingerprint density at radius 1 is 1.44 bits per heavy atom. The van der Waals surface area contributed by atoms with Crippen LogP contribution in [0.4, 0.5) is 0 Å². The summed E-state index contributed by atoms with van der Waals surface area (Å²) in [6.07, 6.45) is 3.54. The summed E-state index contributed by atoms with van der Waals surface area (Å²) in [4.78, 5) is 14.2. The second-order valence-electron chi connectivity index (χ2n) is 4.79. The van der Waals surface area contributed by atoms with E-state index in [1.165, 1.54) is 6.42 Å². The molecule has 1 saturated heterocycles. The van der Waals surface area contributed by atoms with Gasteiger partial charge in [-0.05, 0) is 33.1 Å². The number of nitrogens with two attached hydrogens (primary N) is 1. The lowest BCUT2D eigenvalue weighted by atomic mass is 9.98. The number of nitrogens with zero attached hydrogens (tertiary/aromatic N) is 1. The molecule has 16 heavy (non-hydrogen) atoms. The van der Waals surface area contributed by atoms with Gasteiger partial charge < -0.3 is 10.6 Å². The van der Waals surface area contributed by atoms with Crippen molar-refractivity contribution in [2.45, 2.75) is 57.4 Å². The lowest BCUT2D eigenvalue weighted by Gasteiger charge is -2.39. The molecule has 0 aromatic rings. The Morgan fingerprint density at radius 2 is 2.00 bits per heavy atom. The minimum atomic E-state index is 0.282. The van der Waals surface area contributed by atoms with Crippen LogP contribution in [0, 0.1) is 0 Å². The highest BCUT2D eigenvalue weighted by atomic mass is 32.2. The number of amides is 1. The van der Waals surface area contributed by atoms with Crippen LogP contribution in [0.1, 0.15) is 40.0 Å². The van der Waals surface area contributed by atoms with Gasteiger partial charge in [0.05, 0.1) is 5.75 Å². The van der Waals surface area contributed by atoms with Crippen LogP contribution in [0.25, 0.3) is 0 Å². The third kappa shape index (κ3) is 3.67. The normalized spacial score (nSPS) is 27.9. The number of hydrogen-bond acceptors (Lipinski definition) is 3. The molecule has 1 heterocycles. The second kappa shape index (κ2) is 6.50. The predicted molar refractivity (Wildman–Crippen MR) is 70.6 cm³/mol. The molecular weight excluding hydrogens is 220 g/mol. The van der Waals surface area contributed by atoms with E-state index in [0.717, 1.165) is 12.8 Å². The van der Waals surface area contributed by atoms with Gasteiger partial charge in [-0.3, -0.25) is 4.79 Å². The van der Waals surface area contributed by atoms with Gasteiger partial charge in [0.2, 0.25) is 5.91 Å². The first-order valence-electron chi connectivity index (χ1n) is 6.19. The average molecular weight is 244 g/mol. The van der Waals surface area contributed by atoms with Gasteiger partial charge in [0.25, 0.3) is 0 Å². The quantitative estimate of drug-likeness (QED) is 0.821. The van der Waals surface area contributed by atoms with Crippen LogP contribution in [-0.2, 0) is 4.79 Å². The summed E-state index contributed by atoms with van der Waals surface area (Å²) in [5.41, 5.74) is 5.55. The van der Waals surface area contributed by atoms with Crippen molar-refractivity contribution in [2.75, 3.05) is 12.3 Å². The Kier molecular flexibility index (Phi) is 5.62. The molecule has 0 aliphatic carbocycles. The van der Waals surface area contributed by atoms with E-state index < -0.39 is 0 Å². The molecule has 2 N–H and O–H groups in total. The van der Waals surface area contributed by atoms with E-state index in [-0.39, 0.29) is 5.91 Å². The lowest BCUT2D eigenvalue weighted by molar-refractivity contribution is -0.134. The highest BCUT2D eigenvalue weighted by Crippen LogP contribution is 2.23. The van der Waals surface area contributed by atoms with E-state index >= 15 is 0 Å². The van der Waals surface area contributed by atoms with Crippen LogP contribution in [0.2, 0.25) is 0 Å². The minimum Gasteiger partial charge on any atom is -0.337 e. The van der Waals surface area contributed by atoms with E-state index in [0.29, 0.717) is 29.6 Å². The zero-order valence-electron chi connectivity index (χ0n) is 10.6. The largest absolute Gasteiger partial charge is 0.337 e. The number of likely N-dealkylation sites (tertiary alicyclic amines) is 1. The fourth-order valence-electron chi connectivity index (χ4n) is 2.27. The SMILES string of the molecule is CC(CN)SCC(=O)N1C(C)CCCC1C. The molecule has 1 fully saturated rings. The minimum absolute atomic E-state index is 0.282. The Hall–Kier alpha value is -0.220. The zero-order valence-corrected chi connectivity index (χ0v) is 11.4. The van der Waals surface area contributed by atoms with Crippen molar-refractivity contribution in [1.29, 1.82) is 0 Å². The monoisotopic (exact) mass is 244 g/mol. The number of hydrogen-bond donors (Lipinski definition) is 1. The van der Waals surface area contributed by atoms with Crippen molar-refractivity contribution in [2.24, 2.45) is 5.73 Å². The van der Waals surface area contributed by atoms with Crippen LogP contribution in [0.5, 0.6) is 0 Å². The van der Waals surface area contributed by atoms with Crippen molar-refractivity contribution in [3.8, 4) is 0 Å². The lowest BCUT2D eigenvalue weighted by Crippen LogP contribution is -2.48. The Morgan fingerprint density at radius 3 is 2.50 bits per heavy atom. The molecule has 0 radical (unpaired) electrons. The third-order valence-corrected chi connectivity index (χ3v) is 4.48. The van der Waals surface area contributed by atoms with E-state index in [9.17, 15) is 4.79 Å². The smallest absolute Gasteiger partial charge is 0.233 e. The molecular formula is C12H24N2OS.